The molecule has 0 saturated heterocycles. The molecule has 0 atom stereocenters. The second-order valence-electron chi connectivity index (χ2n) is 11.5. The zero-order chi connectivity index (χ0) is 28.9. The number of benzene rings is 3. The summed E-state index contributed by atoms with van der Waals surface area (Å²) in [6, 6.07) is 24.9. The van der Waals surface area contributed by atoms with E-state index in [0.29, 0.717) is 35.2 Å². The number of nitrogens with one attached hydrogen (secondary N) is 1. The van der Waals surface area contributed by atoms with Crippen LogP contribution in [0.1, 0.15) is 57.0 Å². The second-order valence-corrected chi connectivity index (χ2v) is 11.5. The molecule has 40 heavy (non-hydrogen) atoms. The summed E-state index contributed by atoms with van der Waals surface area (Å²) in [6.45, 7) is 10.9. The Morgan fingerprint density at radius 1 is 0.950 bits per heavy atom. The average molecular weight is 541 g/mol. The van der Waals surface area contributed by atoms with Gasteiger partial charge in [0, 0.05) is 23.7 Å². The predicted molar refractivity (Wildman–Crippen MR) is 158 cm³/mol. The minimum Gasteiger partial charge on any atom is -0.329 e. The van der Waals surface area contributed by atoms with Crippen LogP contribution in [0, 0.1) is 11.7 Å². The minimum atomic E-state index is -0.361. The van der Waals surface area contributed by atoms with Gasteiger partial charge in [0.1, 0.15) is 18.2 Å². The van der Waals surface area contributed by atoms with Crippen molar-refractivity contribution in [3.05, 3.63) is 102 Å². The number of rotatable bonds is 9. The lowest BCUT2D eigenvalue weighted by molar-refractivity contribution is -0.117. The third kappa shape index (κ3) is 7.23. The lowest BCUT2D eigenvalue weighted by Crippen LogP contribution is -2.39. The molecule has 0 fully saturated rings. The second kappa shape index (κ2) is 12.3. The van der Waals surface area contributed by atoms with E-state index in [0.717, 1.165) is 17.5 Å². The van der Waals surface area contributed by atoms with Gasteiger partial charge >= 0.3 is 0 Å². The summed E-state index contributed by atoms with van der Waals surface area (Å²) in [7, 11) is 0. The van der Waals surface area contributed by atoms with Gasteiger partial charge in [0.2, 0.25) is 5.91 Å². The van der Waals surface area contributed by atoms with Crippen LogP contribution in [0.2, 0.25) is 0 Å². The molecule has 0 radical (unpaired) electrons. The molecule has 1 N–H and O–H groups in total. The Labute approximate surface area is 235 Å². The molecule has 0 aliphatic carbocycles. The normalized spacial score (nSPS) is 11.5. The van der Waals surface area contributed by atoms with Crippen molar-refractivity contribution in [1.29, 1.82) is 0 Å². The van der Waals surface area contributed by atoms with Gasteiger partial charge in [0.05, 0.1) is 11.4 Å². The maximum absolute atomic E-state index is 13.6. The summed E-state index contributed by atoms with van der Waals surface area (Å²) in [6.07, 6.45) is 0.769. The van der Waals surface area contributed by atoms with E-state index in [1.54, 1.807) is 27.8 Å². The third-order valence-corrected chi connectivity index (χ3v) is 6.71. The summed E-state index contributed by atoms with van der Waals surface area (Å²) in [5.41, 5.74) is 3.81. The first-order valence-electron chi connectivity index (χ1n) is 13.6. The molecule has 0 aliphatic rings. The molecule has 0 saturated carbocycles. The van der Waals surface area contributed by atoms with Gasteiger partial charge in [-0.2, -0.15) is 5.10 Å². The van der Waals surface area contributed by atoms with Crippen LogP contribution in [0.5, 0.6) is 0 Å². The fourth-order valence-electron chi connectivity index (χ4n) is 4.32. The van der Waals surface area contributed by atoms with Crippen molar-refractivity contribution in [2.45, 2.75) is 46.5 Å². The molecule has 4 aromatic rings. The number of amides is 2. The standard InChI is InChI=1S/C33H37FN4O2/c1-23(2)19-20-37(32(40)25-11-13-26(14-12-25)33(3,4)5)22-31(39)35-30-21-29(24-9-7-6-8-10-24)36-38(30)28-17-15-27(34)16-18-28/h6-18,21,23H,19-20,22H2,1-5H3,(H,35,39). The maximum atomic E-state index is 13.6. The van der Waals surface area contributed by atoms with E-state index in [2.05, 4.69) is 45.0 Å². The largest absolute Gasteiger partial charge is 0.329 e. The molecule has 208 valence electrons. The van der Waals surface area contributed by atoms with Gasteiger partial charge in [-0.1, -0.05) is 77.1 Å². The highest BCUT2D eigenvalue weighted by Crippen LogP contribution is 2.26. The average Bonchev–Trinajstić information content (AvgIpc) is 3.34. The topological polar surface area (TPSA) is 67.2 Å². The molecule has 1 heterocycles. The predicted octanol–water partition coefficient (Wildman–Crippen LogP) is 7.10. The number of carbonyl (C=O) groups is 2. The molecule has 7 heteroatoms. The van der Waals surface area contributed by atoms with E-state index < -0.39 is 0 Å². The third-order valence-electron chi connectivity index (χ3n) is 6.71. The van der Waals surface area contributed by atoms with Crippen molar-refractivity contribution in [1.82, 2.24) is 14.7 Å². The molecule has 0 spiro atoms. The Morgan fingerprint density at radius 3 is 2.20 bits per heavy atom. The quantitative estimate of drug-likeness (QED) is 0.246. The van der Waals surface area contributed by atoms with Crippen molar-refractivity contribution < 1.29 is 14.0 Å². The SMILES string of the molecule is CC(C)CCN(CC(=O)Nc1cc(-c2ccccc2)nn1-c1ccc(F)cc1)C(=O)c1ccc(C(C)(C)C)cc1. The molecule has 0 aliphatic heterocycles. The number of anilines is 1. The van der Waals surface area contributed by atoms with Crippen LogP contribution in [0.15, 0.2) is 84.9 Å². The van der Waals surface area contributed by atoms with Crippen LogP contribution in [0.25, 0.3) is 16.9 Å². The lowest BCUT2D eigenvalue weighted by Gasteiger charge is -2.24. The van der Waals surface area contributed by atoms with Crippen LogP contribution >= 0.6 is 0 Å². The van der Waals surface area contributed by atoms with Crippen LogP contribution in [-0.2, 0) is 10.2 Å². The number of carbonyl (C=O) groups excluding carboxylic acids is 2. The van der Waals surface area contributed by atoms with Crippen molar-refractivity contribution in [3.63, 3.8) is 0 Å². The number of hydrogen-bond donors (Lipinski definition) is 1. The van der Waals surface area contributed by atoms with Crippen molar-refractivity contribution >= 4 is 17.6 Å². The van der Waals surface area contributed by atoms with E-state index in [1.165, 1.54) is 12.1 Å². The lowest BCUT2D eigenvalue weighted by atomic mass is 9.86. The first-order valence-corrected chi connectivity index (χ1v) is 13.6. The maximum Gasteiger partial charge on any atom is 0.254 e. The highest BCUT2D eigenvalue weighted by molar-refractivity contribution is 5.99. The van der Waals surface area contributed by atoms with Gasteiger partial charge in [-0.3, -0.25) is 9.59 Å². The number of aromatic nitrogens is 2. The van der Waals surface area contributed by atoms with E-state index in [-0.39, 0.29) is 29.6 Å². The van der Waals surface area contributed by atoms with Crippen LogP contribution in [-0.4, -0.2) is 39.6 Å². The molecule has 2 amide bonds. The summed E-state index contributed by atoms with van der Waals surface area (Å²) in [4.78, 5) is 28.5. The van der Waals surface area contributed by atoms with Crippen molar-refractivity contribution in [2.75, 3.05) is 18.4 Å². The molecular formula is C33H37FN4O2. The molecule has 1 aromatic heterocycles. The number of hydrogen-bond acceptors (Lipinski definition) is 3. The molecule has 6 nitrogen and oxygen atoms in total. The molecular weight excluding hydrogens is 503 g/mol. The Balaban J connectivity index is 1.59. The summed E-state index contributed by atoms with van der Waals surface area (Å²) < 4.78 is 15.2. The Kier molecular flexibility index (Phi) is 8.83. The molecule has 3 aromatic carbocycles. The summed E-state index contributed by atoms with van der Waals surface area (Å²) in [5, 5.41) is 7.62. The first kappa shape index (κ1) is 28.7. The van der Waals surface area contributed by atoms with Gasteiger partial charge in [0.25, 0.3) is 5.91 Å². The Morgan fingerprint density at radius 2 is 1.60 bits per heavy atom. The van der Waals surface area contributed by atoms with E-state index in [4.69, 9.17) is 0 Å². The van der Waals surface area contributed by atoms with Gasteiger partial charge < -0.3 is 10.2 Å². The smallest absolute Gasteiger partial charge is 0.254 e. The highest BCUT2D eigenvalue weighted by atomic mass is 19.1. The van der Waals surface area contributed by atoms with Gasteiger partial charge in [-0.15, -0.1) is 0 Å². The Hall–Kier alpha value is -4.26. The van der Waals surface area contributed by atoms with Gasteiger partial charge in [-0.05, 0) is 59.7 Å². The zero-order valence-electron chi connectivity index (χ0n) is 23.8. The van der Waals surface area contributed by atoms with E-state index in [1.807, 2.05) is 54.6 Å². The van der Waals surface area contributed by atoms with E-state index >= 15 is 0 Å². The highest BCUT2D eigenvalue weighted by Gasteiger charge is 2.22. The van der Waals surface area contributed by atoms with Gasteiger partial charge in [0.15, 0.2) is 0 Å². The summed E-state index contributed by atoms with van der Waals surface area (Å²) in [5.74, 6) is -0.0876. The monoisotopic (exact) mass is 540 g/mol. The molecule has 0 bridgehead atoms. The van der Waals surface area contributed by atoms with Crippen molar-refractivity contribution in [2.24, 2.45) is 5.92 Å². The minimum absolute atomic E-state index is 0.0229. The van der Waals surface area contributed by atoms with Crippen LogP contribution < -0.4 is 5.32 Å². The fourth-order valence-corrected chi connectivity index (χ4v) is 4.32. The number of halogens is 1. The summed E-state index contributed by atoms with van der Waals surface area (Å²) >= 11 is 0. The Bertz CT molecular complexity index is 1440. The van der Waals surface area contributed by atoms with Gasteiger partial charge in [-0.25, -0.2) is 9.07 Å². The fraction of sp³-hybridized carbons (Fsp3) is 0.303. The zero-order valence-corrected chi connectivity index (χ0v) is 23.8. The van der Waals surface area contributed by atoms with Crippen LogP contribution in [0.4, 0.5) is 10.2 Å². The first-order chi connectivity index (χ1) is 19.0. The molecule has 0 unspecified atom stereocenters. The van der Waals surface area contributed by atoms with E-state index in [9.17, 15) is 14.0 Å². The molecule has 4 rings (SSSR count). The number of nitrogens with zero attached hydrogens (tertiary/aromatic N) is 3. The van der Waals surface area contributed by atoms with Crippen molar-refractivity contribution in [3.8, 4) is 16.9 Å². The van der Waals surface area contributed by atoms with Crippen LogP contribution in [0.3, 0.4) is 0 Å².